The van der Waals surface area contributed by atoms with Crippen LogP contribution in [0.2, 0.25) is 0 Å². The number of nitrogens with zero attached hydrogens (tertiary/aromatic N) is 2. The molecule has 10 heteroatoms. The van der Waals surface area contributed by atoms with Gasteiger partial charge in [0.15, 0.2) is 23.9 Å². The Morgan fingerprint density at radius 3 is 2.78 bits per heavy atom. The van der Waals surface area contributed by atoms with Crippen molar-refractivity contribution in [2.24, 2.45) is 5.10 Å². The van der Waals surface area contributed by atoms with E-state index in [0.717, 1.165) is 0 Å². The van der Waals surface area contributed by atoms with Gasteiger partial charge in [0.05, 0.1) is 18.2 Å². The summed E-state index contributed by atoms with van der Waals surface area (Å²) < 4.78 is 10.9. The molecule has 0 aromatic heterocycles. The fourth-order valence-electron chi connectivity index (χ4n) is 2.09. The smallest absolute Gasteiger partial charge is 0.311 e. The highest BCUT2D eigenvalue weighted by Crippen LogP contribution is 2.32. The summed E-state index contributed by atoms with van der Waals surface area (Å²) in [6, 6.07) is 7.58. The van der Waals surface area contributed by atoms with Crippen molar-refractivity contribution in [1.82, 2.24) is 5.43 Å². The summed E-state index contributed by atoms with van der Waals surface area (Å²) in [6.07, 6.45) is 1.23. The maximum absolute atomic E-state index is 11.8. The van der Waals surface area contributed by atoms with Crippen molar-refractivity contribution in [2.75, 3.05) is 13.7 Å². The van der Waals surface area contributed by atoms with Crippen LogP contribution in [0.5, 0.6) is 17.2 Å². The minimum atomic E-state index is -0.623. The molecule has 0 aliphatic heterocycles. The Morgan fingerprint density at radius 2 is 2.11 bits per heavy atom. The van der Waals surface area contributed by atoms with Crippen molar-refractivity contribution >= 4 is 33.7 Å². The summed E-state index contributed by atoms with van der Waals surface area (Å²) in [7, 11) is 1.41. The van der Waals surface area contributed by atoms with Crippen LogP contribution in [0.1, 0.15) is 11.1 Å². The van der Waals surface area contributed by atoms with Gasteiger partial charge < -0.3 is 14.6 Å². The van der Waals surface area contributed by atoms with E-state index in [-0.39, 0.29) is 22.9 Å². The molecule has 0 aliphatic rings. The zero-order valence-corrected chi connectivity index (χ0v) is 16.0. The number of phenols is 1. The first kappa shape index (κ1) is 20.2. The summed E-state index contributed by atoms with van der Waals surface area (Å²) in [6.45, 7) is 1.25. The third-order valence-corrected chi connectivity index (χ3v) is 3.81. The molecule has 1 amide bonds. The van der Waals surface area contributed by atoms with Gasteiger partial charge in [0.2, 0.25) is 0 Å². The van der Waals surface area contributed by atoms with Gasteiger partial charge in [-0.3, -0.25) is 14.9 Å². The van der Waals surface area contributed by atoms with Gasteiger partial charge in [-0.2, -0.15) is 5.10 Å². The van der Waals surface area contributed by atoms with Crippen molar-refractivity contribution in [3.05, 3.63) is 56.0 Å². The molecule has 142 valence electrons. The molecule has 0 saturated carbocycles. The summed E-state index contributed by atoms with van der Waals surface area (Å²) in [5.41, 5.74) is 3.01. The number of methoxy groups -OCH3 is 1. The molecule has 0 atom stereocenters. The predicted octanol–water partition coefficient (Wildman–Crippen LogP) is 2.91. The van der Waals surface area contributed by atoms with E-state index >= 15 is 0 Å². The number of phenolic OH excluding ortho intramolecular Hbond substituents is 1. The largest absolute Gasteiger partial charge is 0.504 e. The molecule has 0 unspecified atom stereocenters. The number of halogens is 1. The van der Waals surface area contributed by atoms with Crippen LogP contribution in [0.3, 0.4) is 0 Å². The van der Waals surface area contributed by atoms with Crippen molar-refractivity contribution in [3.63, 3.8) is 0 Å². The zero-order chi connectivity index (χ0) is 20.0. The number of aromatic hydroxyl groups is 1. The molecule has 9 nitrogen and oxygen atoms in total. The number of ether oxygens (including phenoxy) is 2. The molecule has 0 bridgehead atoms. The van der Waals surface area contributed by atoms with E-state index in [0.29, 0.717) is 15.6 Å². The van der Waals surface area contributed by atoms with Crippen molar-refractivity contribution in [3.8, 4) is 17.2 Å². The summed E-state index contributed by atoms with van der Waals surface area (Å²) in [4.78, 5) is 22.3. The van der Waals surface area contributed by atoms with Gasteiger partial charge in [-0.25, -0.2) is 5.43 Å². The maximum atomic E-state index is 11.8. The van der Waals surface area contributed by atoms with Gasteiger partial charge in [-0.1, -0.05) is 22.0 Å². The molecular formula is C17H16BrN3O6. The topological polar surface area (TPSA) is 123 Å². The average molecular weight is 438 g/mol. The number of carbonyl (C=O) groups is 1. The predicted molar refractivity (Wildman–Crippen MR) is 101 cm³/mol. The van der Waals surface area contributed by atoms with Crippen molar-refractivity contribution in [2.45, 2.75) is 6.92 Å². The third-order valence-electron chi connectivity index (χ3n) is 3.35. The Bertz CT molecular complexity index is 900. The molecule has 0 saturated heterocycles. The lowest BCUT2D eigenvalue weighted by molar-refractivity contribution is -0.385. The second kappa shape index (κ2) is 8.99. The molecule has 0 spiro atoms. The van der Waals surface area contributed by atoms with Gasteiger partial charge in [0.25, 0.3) is 5.91 Å². The molecule has 0 aliphatic carbocycles. The first-order chi connectivity index (χ1) is 12.8. The lowest BCUT2D eigenvalue weighted by Gasteiger charge is -2.07. The monoisotopic (exact) mass is 437 g/mol. The Morgan fingerprint density at radius 1 is 1.37 bits per heavy atom. The minimum Gasteiger partial charge on any atom is -0.504 e. The molecular weight excluding hydrogens is 422 g/mol. The van der Waals surface area contributed by atoms with Gasteiger partial charge in [0.1, 0.15) is 0 Å². The van der Waals surface area contributed by atoms with Crippen LogP contribution in [0.25, 0.3) is 0 Å². The van der Waals surface area contributed by atoms with Gasteiger partial charge in [0, 0.05) is 16.1 Å². The highest BCUT2D eigenvalue weighted by Gasteiger charge is 2.16. The lowest BCUT2D eigenvalue weighted by Crippen LogP contribution is -2.24. The van der Waals surface area contributed by atoms with Gasteiger partial charge in [-0.15, -0.1) is 0 Å². The second-order valence-electron chi connectivity index (χ2n) is 5.36. The minimum absolute atomic E-state index is 0.0147. The van der Waals surface area contributed by atoms with E-state index in [1.165, 1.54) is 25.5 Å². The zero-order valence-electron chi connectivity index (χ0n) is 14.4. The van der Waals surface area contributed by atoms with Gasteiger partial charge in [-0.05, 0) is 30.7 Å². The van der Waals surface area contributed by atoms with Gasteiger partial charge >= 0.3 is 5.69 Å². The fourth-order valence-corrected chi connectivity index (χ4v) is 2.54. The number of hydrazone groups is 1. The van der Waals surface area contributed by atoms with Crippen LogP contribution in [0.4, 0.5) is 5.69 Å². The summed E-state index contributed by atoms with van der Waals surface area (Å²) >= 11 is 3.27. The highest BCUT2D eigenvalue weighted by molar-refractivity contribution is 9.10. The maximum Gasteiger partial charge on any atom is 0.311 e. The number of nitro groups is 1. The first-order valence-electron chi connectivity index (χ1n) is 7.58. The Kier molecular flexibility index (Phi) is 6.72. The molecule has 2 aromatic rings. The van der Waals surface area contributed by atoms with E-state index in [1.807, 2.05) is 0 Å². The van der Waals surface area contributed by atoms with Crippen LogP contribution in [0, 0.1) is 17.0 Å². The van der Waals surface area contributed by atoms with Crippen LogP contribution in [-0.2, 0) is 4.79 Å². The highest BCUT2D eigenvalue weighted by atomic mass is 79.9. The van der Waals surface area contributed by atoms with E-state index in [4.69, 9.17) is 9.47 Å². The number of nitro benzene ring substituents is 1. The molecule has 2 N–H and O–H groups in total. The number of nitrogens with one attached hydrogen (secondary N) is 1. The molecule has 0 fully saturated rings. The van der Waals surface area contributed by atoms with Crippen LogP contribution in [-0.4, -0.2) is 35.9 Å². The lowest BCUT2D eigenvalue weighted by atomic mass is 10.2. The molecule has 0 radical (unpaired) electrons. The fraction of sp³-hybridized carbons (Fsp3) is 0.176. The number of aryl methyl sites for hydroxylation is 1. The van der Waals surface area contributed by atoms with E-state index in [1.54, 1.807) is 25.1 Å². The number of hydrogen-bond acceptors (Lipinski definition) is 7. The first-order valence-corrected chi connectivity index (χ1v) is 8.37. The standard InChI is InChI=1S/C17H16BrN3O6/c1-10-3-4-14(13(5-10)21(24)25)27-9-16(22)20-19-8-11-6-12(18)7-15(26-2)17(11)23/h3-8,23H,9H2,1-2H3,(H,20,22)/b19-8-. The third kappa shape index (κ3) is 5.42. The molecule has 27 heavy (non-hydrogen) atoms. The quantitative estimate of drug-likeness (QED) is 0.389. The van der Waals surface area contributed by atoms with Crippen molar-refractivity contribution < 1.29 is 24.3 Å². The van der Waals surface area contributed by atoms with E-state index < -0.39 is 17.4 Å². The van der Waals surface area contributed by atoms with Crippen molar-refractivity contribution in [1.29, 1.82) is 0 Å². The second-order valence-corrected chi connectivity index (χ2v) is 6.27. The van der Waals surface area contributed by atoms with Crippen LogP contribution < -0.4 is 14.9 Å². The van der Waals surface area contributed by atoms with E-state index in [9.17, 15) is 20.0 Å². The van der Waals surface area contributed by atoms with Crippen LogP contribution >= 0.6 is 15.9 Å². The number of amides is 1. The Hall–Kier alpha value is -3.14. The number of hydrogen-bond donors (Lipinski definition) is 2. The number of rotatable bonds is 7. The number of benzene rings is 2. The SMILES string of the molecule is COc1cc(Br)cc(/C=N\NC(=O)COc2ccc(C)cc2[N+](=O)[O-])c1O. The Labute approximate surface area is 162 Å². The van der Waals surface area contributed by atoms with E-state index in [2.05, 4.69) is 26.5 Å². The molecule has 0 heterocycles. The van der Waals surface area contributed by atoms with Crippen LogP contribution in [0.15, 0.2) is 39.9 Å². The Balaban J connectivity index is 1.99. The molecule has 2 aromatic carbocycles. The summed E-state index contributed by atoms with van der Waals surface area (Å²) in [5.74, 6) is -0.529. The number of carbonyl (C=O) groups excluding carboxylic acids is 1. The summed E-state index contributed by atoms with van der Waals surface area (Å²) in [5, 5.41) is 24.7. The normalized spacial score (nSPS) is 10.6. The molecule has 2 rings (SSSR count). The average Bonchev–Trinajstić information content (AvgIpc) is 2.63.